The monoisotopic (exact) mass is 297 g/mol. The van der Waals surface area contributed by atoms with E-state index in [2.05, 4.69) is 19.0 Å². The maximum absolute atomic E-state index is 12.6. The molecule has 2 aliphatic rings. The van der Waals surface area contributed by atoms with Crippen LogP contribution in [0.3, 0.4) is 0 Å². The van der Waals surface area contributed by atoms with Crippen molar-refractivity contribution in [3.8, 4) is 0 Å². The van der Waals surface area contributed by atoms with Crippen molar-refractivity contribution in [2.45, 2.75) is 38.1 Å². The molecule has 1 unspecified atom stereocenters. The molecule has 21 heavy (non-hydrogen) atoms. The van der Waals surface area contributed by atoms with Gasteiger partial charge in [-0.15, -0.1) is 0 Å². The summed E-state index contributed by atoms with van der Waals surface area (Å²) in [5.41, 5.74) is 0. The minimum absolute atomic E-state index is 0.0783. The van der Waals surface area contributed by atoms with Gasteiger partial charge in [0.1, 0.15) is 6.04 Å². The Morgan fingerprint density at radius 3 is 2.33 bits per heavy atom. The van der Waals surface area contributed by atoms with Crippen LogP contribution >= 0.6 is 0 Å². The van der Waals surface area contributed by atoms with Crippen LogP contribution in [0.2, 0.25) is 0 Å². The lowest BCUT2D eigenvalue weighted by Crippen LogP contribution is -2.54. The molecule has 0 aromatic heterocycles. The third-order valence-electron chi connectivity index (χ3n) is 4.54. The van der Waals surface area contributed by atoms with Crippen molar-refractivity contribution in [2.75, 3.05) is 40.3 Å². The van der Waals surface area contributed by atoms with Crippen LogP contribution < -0.4 is 0 Å². The van der Waals surface area contributed by atoms with Crippen LogP contribution in [0, 0.1) is 5.92 Å². The van der Waals surface area contributed by atoms with Crippen LogP contribution in [0.4, 0.5) is 4.79 Å². The Morgan fingerprint density at radius 2 is 1.76 bits per heavy atom. The van der Waals surface area contributed by atoms with E-state index in [-0.39, 0.29) is 6.03 Å². The van der Waals surface area contributed by atoms with Crippen molar-refractivity contribution in [3.05, 3.63) is 0 Å². The van der Waals surface area contributed by atoms with Crippen LogP contribution in [0.15, 0.2) is 0 Å². The molecule has 6 nitrogen and oxygen atoms in total. The zero-order valence-corrected chi connectivity index (χ0v) is 13.1. The van der Waals surface area contributed by atoms with Crippen molar-refractivity contribution < 1.29 is 14.7 Å². The molecule has 0 saturated carbocycles. The van der Waals surface area contributed by atoms with Crippen molar-refractivity contribution in [3.63, 3.8) is 0 Å². The topological polar surface area (TPSA) is 64.1 Å². The first-order valence-corrected chi connectivity index (χ1v) is 7.92. The number of rotatable bonds is 3. The summed E-state index contributed by atoms with van der Waals surface area (Å²) < 4.78 is 0. The Hall–Kier alpha value is -1.30. The molecule has 2 rings (SSSR count). The van der Waals surface area contributed by atoms with E-state index in [4.69, 9.17) is 0 Å². The average molecular weight is 297 g/mol. The molecule has 6 heteroatoms. The van der Waals surface area contributed by atoms with Crippen molar-refractivity contribution >= 4 is 12.0 Å². The number of carbonyl (C=O) groups is 2. The Balaban J connectivity index is 1.90. The highest BCUT2D eigenvalue weighted by Crippen LogP contribution is 2.23. The van der Waals surface area contributed by atoms with Crippen LogP contribution in [0.5, 0.6) is 0 Å². The number of carboxylic acid groups (broad SMARTS) is 1. The van der Waals surface area contributed by atoms with Gasteiger partial charge < -0.3 is 19.8 Å². The molecule has 0 aliphatic carbocycles. The fourth-order valence-corrected chi connectivity index (χ4v) is 3.42. The predicted molar refractivity (Wildman–Crippen MR) is 80.2 cm³/mol. The van der Waals surface area contributed by atoms with Gasteiger partial charge in [0.15, 0.2) is 0 Å². The number of aliphatic carboxylic acids is 1. The van der Waals surface area contributed by atoms with Gasteiger partial charge in [-0.3, -0.25) is 0 Å². The fraction of sp³-hybridized carbons (Fsp3) is 0.867. The normalized spacial score (nSPS) is 24.4. The minimum atomic E-state index is -0.870. The number of amides is 2. The maximum Gasteiger partial charge on any atom is 0.326 e. The molecular formula is C15H27N3O3. The quantitative estimate of drug-likeness (QED) is 0.853. The van der Waals surface area contributed by atoms with Gasteiger partial charge in [-0.1, -0.05) is 0 Å². The summed E-state index contributed by atoms with van der Waals surface area (Å²) in [5.74, 6) is -0.230. The molecule has 0 aromatic carbocycles. The van der Waals surface area contributed by atoms with E-state index in [1.807, 2.05) is 4.90 Å². The number of likely N-dealkylation sites (tertiary alicyclic amines) is 2. The first kappa shape index (κ1) is 16.1. The zero-order chi connectivity index (χ0) is 15.4. The highest BCUT2D eigenvalue weighted by atomic mass is 16.4. The van der Waals surface area contributed by atoms with Crippen LogP contribution in [0.1, 0.15) is 32.1 Å². The second kappa shape index (κ2) is 7.11. The number of carboxylic acids is 1. The van der Waals surface area contributed by atoms with Gasteiger partial charge in [0.25, 0.3) is 0 Å². The number of piperidine rings is 2. The predicted octanol–water partition coefficient (Wildman–Crippen LogP) is 1.32. The van der Waals surface area contributed by atoms with Crippen molar-refractivity contribution in [1.29, 1.82) is 0 Å². The third kappa shape index (κ3) is 4.09. The van der Waals surface area contributed by atoms with E-state index in [1.54, 1.807) is 4.90 Å². The number of carbonyl (C=O) groups excluding carboxylic acids is 1. The molecule has 0 radical (unpaired) electrons. The number of nitrogens with zero attached hydrogens (tertiary/aromatic N) is 3. The van der Waals surface area contributed by atoms with Gasteiger partial charge in [0.2, 0.25) is 0 Å². The smallest absolute Gasteiger partial charge is 0.326 e. The second-order valence-corrected chi connectivity index (χ2v) is 6.52. The molecule has 0 bridgehead atoms. The summed E-state index contributed by atoms with van der Waals surface area (Å²) in [5, 5.41) is 9.28. The fourth-order valence-electron chi connectivity index (χ4n) is 3.42. The number of urea groups is 1. The molecule has 2 heterocycles. The summed E-state index contributed by atoms with van der Waals surface area (Å²) in [4.78, 5) is 29.5. The standard InChI is InChI=1S/C15H27N3O3/c1-16(2)11-12-6-9-17(10-7-12)15(21)18-8-4-3-5-13(18)14(19)20/h12-13H,3-11H2,1-2H3,(H,19,20). The minimum Gasteiger partial charge on any atom is -0.480 e. The summed E-state index contributed by atoms with van der Waals surface area (Å²) in [7, 11) is 4.14. The molecule has 2 saturated heterocycles. The lowest BCUT2D eigenvalue weighted by molar-refractivity contribution is -0.143. The molecule has 1 atom stereocenters. The second-order valence-electron chi connectivity index (χ2n) is 6.52. The van der Waals surface area contributed by atoms with E-state index in [9.17, 15) is 14.7 Å². The third-order valence-corrected chi connectivity index (χ3v) is 4.54. The summed E-state index contributed by atoms with van der Waals surface area (Å²) in [6.07, 6.45) is 4.40. The Morgan fingerprint density at radius 1 is 1.10 bits per heavy atom. The van der Waals surface area contributed by atoms with E-state index < -0.39 is 12.0 Å². The van der Waals surface area contributed by atoms with E-state index in [1.165, 1.54) is 0 Å². The summed E-state index contributed by atoms with van der Waals surface area (Å²) in [6, 6.07) is -0.712. The van der Waals surface area contributed by atoms with E-state index >= 15 is 0 Å². The maximum atomic E-state index is 12.6. The van der Waals surface area contributed by atoms with Crippen molar-refractivity contribution in [2.24, 2.45) is 5.92 Å². The van der Waals surface area contributed by atoms with Crippen LogP contribution in [0.25, 0.3) is 0 Å². The van der Waals surface area contributed by atoms with E-state index in [0.29, 0.717) is 18.9 Å². The largest absolute Gasteiger partial charge is 0.480 e. The number of hydrogen-bond acceptors (Lipinski definition) is 3. The lowest BCUT2D eigenvalue weighted by atomic mass is 9.96. The average Bonchev–Trinajstić information content (AvgIpc) is 2.46. The first-order chi connectivity index (χ1) is 9.99. The summed E-state index contributed by atoms with van der Waals surface area (Å²) >= 11 is 0. The summed E-state index contributed by atoms with van der Waals surface area (Å²) in [6.45, 7) is 3.14. The molecule has 0 spiro atoms. The molecule has 2 amide bonds. The lowest BCUT2D eigenvalue weighted by Gasteiger charge is -2.40. The van der Waals surface area contributed by atoms with Crippen LogP contribution in [-0.4, -0.2) is 78.1 Å². The van der Waals surface area contributed by atoms with Gasteiger partial charge in [-0.05, 0) is 52.1 Å². The van der Waals surface area contributed by atoms with Gasteiger partial charge in [-0.25, -0.2) is 9.59 Å². The highest BCUT2D eigenvalue weighted by Gasteiger charge is 2.35. The van der Waals surface area contributed by atoms with Gasteiger partial charge in [0, 0.05) is 26.2 Å². The molecular weight excluding hydrogens is 270 g/mol. The highest BCUT2D eigenvalue weighted by molar-refractivity contribution is 5.83. The van der Waals surface area contributed by atoms with Gasteiger partial charge in [-0.2, -0.15) is 0 Å². The van der Waals surface area contributed by atoms with E-state index in [0.717, 1.165) is 45.3 Å². The Kier molecular flexibility index (Phi) is 5.45. The first-order valence-electron chi connectivity index (χ1n) is 7.92. The molecule has 2 fully saturated rings. The van der Waals surface area contributed by atoms with Crippen molar-refractivity contribution in [1.82, 2.24) is 14.7 Å². The Labute approximate surface area is 126 Å². The van der Waals surface area contributed by atoms with Gasteiger partial charge >= 0.3 is 12.0 Å². The van der Waals surface area contributed by atoms with Gasteiger partial charge in [0.05, 0.1) is 0 Å². The molecule has 1 N–H and O–H groups in total. The SMILES string of the molecule is CN(C)CC1CCN(C(=O)N2CCCCC2C(=O)O)CC1. The molecule has 120 valence electrons. The zero-order valence-electron chi connectivity index (χ0n) is 13.1. The molecule has 2 aliphatic heterocycles. The van der Waals surface area contributed by atoms with Crippen LogP contribution in [-0.2, 0) is 4.79 Å². The number of hydrogen-bond donors (Lipinski definition) is 1. The molecule has 0 aromatic rings. The Bertz CT molecular complexity index is 378.